The molecular weight excluding hydrogens is 470 g/mol. The minimum atomic E-state index is -0.698. The van der Waals surface area contributed by atoms with Crippen LogP contribution in [0.4, 0.5) is 24.4 Å². The molecule has 4 rings (SSSR count). The van der Waals surface area contributed by atoms with Gasteiger partial charge in [0.05, 0.1) is 17.1 Å². The maximum Gasteiger partial charge on any atom is 0.414 e. The lowest BCUT2D eigenvalue weighted by Crippen LogP contribution is -2.34. The van der Waals surface area contributed by atoms with Gasteiger partial charge in [0, 0.05) is 18.3 Å². The molecule has 0 saturated heterocycles. The van der Waals surface area contributed by atoms with Gasteiger partial charge in [0.1, 0.15) is 17.1 Å². The Morgan fingerprint density at radius 3 is 2.71 bits per heavy atom. The molecule has 2 unspecified atom stereocenters. The van der Waals surface area contributed by atoms with Gasteiger partial charge in [-0.15, -0.1) is 3.89 Å². The van der Waals surface area contributed by atoms with E-state index in [1.165, 1.54) is 28.5 Å². The molecule has 1 saturated carbocycles. The summed E-state index contributed by atoms with van der Waals surface area (Å²) in [6, 6.07) is 3.01. The van der Waals surface area contributed by atoms with Crippen molar-refractivity contribution in [2.75, 3.05) is 17.3 Å². The zero-order valence-electron chi connectivity index (χ0n) is 21.2. The molecule has 1 amide bonds. The number of allylic oxidation sites excluding steroid dienone is 1. The van der Waals surface area contributed by atoms with Gasteiger partial charge in [-0.05, 0) is 82.9 Å². The summed E-state index contributed by atoms with van der Waals surface area (Å²) in [4.78, 5) is 13.7. The van der Waals surface area contributed by atoms with E-state index in [1.807, 2.05) is 0 Å². The first-order valence-electron chi connectivity index (χ1n) is 12.2. The second kappa shape index (κ2) is 9.84. The van der Waals surface area contributed by atoms with Crippen molar-refractivity contribution in [3.63, 3.8) is 0 Å². The van der Waals surface area contributed by atoms with E-state index in [1.54, 1.807) is 33.8 Å². The standard InChI is InChI=1S/C26H34F2N4O2S/c1-7-8-9-20(24-18-12-16-11-17(16)13-22(18)32(30-24)35-28)29-21-14-23(19(27)10-15(21)2)31(6)25(33)34-26(3,4)5/h9-10,14,16-17,29H,7-8,11-13H2,1-6H3/b20-9+. The molecule has 1 aromatic heterocycles. The number of nitrogens with one attached hydrogen (secondary N) is 1. The number of ether oxygens (including phenoxy) is 1. The molecule has 190 valence electrons. The number of nitrogens with zero attached hydrogens (tertiary/aromatic N) is 3. The number of aromatic nitrogens is 2. The smallest absolute Gasteiger partial charge is 0.414 e. The normalized spacial score (nSPS) is 19.1. The van der Waals surface area contributed by atoms with Crippen LogP contribution in [0, 0.1) is 24.6 Å². The highest BCUT2D eigenvalue weighted by Gasteiger charge is 2.44. The Labute approximate surface area is 210 Å². The Hall–Kier alpha value is -2.55. The molecule has 0 spiro atoms. The van der Waals surface area contributed by atoms with Crippen LogP contribution in [0.2, 0.25) is 0 Å². The number of rotatable bonds is 7. The van der Waals surface area contributed by atoms with Crippen LogP contribution >= 0.6 is 12.3 Å². The lowest BCUT2D eigenvalue weighted by molar-refractivity contribution is 0.0588. The van der Waals surface area contributed by atoms with Crippen LogP contribution in [0.25, 0.3) is 5.70 Å². The summed E-state index contributed by atoms with van der Waals surface area (Å²) in [6.07, 6.45) is 6.11. The van der Waals surface area contributed by atoms with Crippen molar-refractivity contribution in [3.8, 4) is 0 Å². The van der Waals surface area contributed by atoms with Crippen LogP contribution < -0.4 is 10.2 Å². The molecule has 1 N–H and O–H groups in total. The third-order valence-corrected chi connectivity index (χ3v) is 7.03. The maximum atomic E-state index is 14.9. The first-order valence-corrected chi connectivity index (χ1v) is 12.8. The first-order chi connectivity index (χ1) is 16.5. The second-order valence-electron chi connectivity index (χ2n) is 10.6. The van der Waals surface area contributed by atoms with E-state index in [-0.39, 0.29) is 18.0 Å². The average molecular weight is 505 g/mol. The number of hydrogen-bond acceptors (Lipinski definition) is 5. The number of fused-ring (bicyclic) bond motifs is 2. The molecule has 0 aliphatic heterocycles. The number of halogens is 2. The summed E-state index contributed by atoms with van der Waals surface area (Å²) in [5.74, 6) is 0.771. The van der Waals surface area contributed by atoms with Gasteiger partial charge in [-0.3, -0.25) is 4.90 Å². The lowest BCUT2D eigenvalue weighted by Gasteiger charge is -2.25. The van der Waals surface area contributed by atoms with Crippen LogP contribution in [-0.4, -0.2) is 27.9 Å². The van der Waals surface area contributed by atoms with Crippen molar-refractivity contribution in [2.24, 2.45) is 11.8 Å². The fourth-order valence-electron chi connectivity index (χ4n) is 4.60. The van der Waals surface area contributed by atoms with Crippen molar-refractivity contribution in [1.82, 2.24) is 9.19 Å². The van der Waals surface area contributed by atoms with Crippen LogP contribution in [0.5, 0.6) is 0 Å². The Morgan fingerprint density at radius 1 is 1.34 bits per heavy atom. The van der Waals surface area contributed by atoms with Crippen LogP contribution in [0.1, 0.15) is 69.5 Å². The number of anilines is 2. The van der Waals surface area contributed by atoms with Gasteiger partial charge < -0.3 is 10.1 Å². The number of amides is 1. The summed E-state index contributed by atoms with van der Waals surface area (Å²) in [7, 11) is 1.49. The van der Waals surface area contributed by atoms with Crippen LogP contribution in [0.15, 0.2) is 18.2 Å². The Bertz CT molecular complexity index is 1160. The summed E-state index contributed by atoms with van der Waals surface area (Å²) in [6.45, 7) is 9.19. The van der Waals surface area contributed by atoms with E-state index in [0.717, 1.165) is 48.3 Å². The lowest BCUT2D eigenvalue weighted by atomic mass is 9.94. The zero-order chi connectivity index (χ0) is 25.5. The molecule has 2 aromatic rings. The molecule has 35 heavy (non-hydrogen) atoms. The number of hydrogen-bond donors (Lipinski definition) is 1. The highest BCUT2D eigenvalue weighted by molar-refractivity contribution is 7.92. The van der Waals surface area contributed by atoms with E-state index in [9.17, 15) is 13.1 Å². The highest BCUT2D eigenvalue weighted by atomic mass is 32.2. The van der Waals surface area contributed by atoms with Gasteiger partial charge in [0.2, 0.25) is 0 Å². The molecule has 9 heteroatoms. The predicted molar refractivity (Wildman–Crippen MR) is 138 cm³/mol. The van der Waals surface area contributed by atoms with E-state index in [2.05, 4.69) is 23.4 Å². The molecule has 2 aliphatic carbocycles. The largest absolute Gasteiger partial charge is 0.443 e. The Balaban J connectivity index is 1.69. The summed E-state index contributed by atoms with van der Waals surface area (Å²) in [5, 5.41) is 8.04. The first kappa shape index (κ1) is 25.5. The minimum Gasteiger partial charge on any atom is -0.443 e. The van der Waals surface area contributed by atoms with E-state index in [0.29, 0.717) is 23.1 Å². The second-order valence-corrected chi connectivity index (χ2v) is 11.1. The van der Waals surface area contributed by atoms with Crippen LogP contribution in [-0.2, 0) is 17.6 Å². The Kier molecular flexibility index (Phi) is 7.18. The summed E-state index contributed by atoms with van der Waals surface area (Å²) >= 11 is 0.134. The number of carbonyl (C=O) groups excluding carboxylic acids is 1. The number of carbonyl (C=O) groups is 1. The highest BCUT2D eigenvalue weighted by Crippen LogP contribution is 2.50. The van der Waals surface area contributed by atoms with Gasteiger partial charge in [-0.1, -0.05) is 19.4 Å². The third-order valence-electron chi connectivity index (χ3n) is 6.60. The quantitative estimate of drug-likeness (QED) is 0.437. The fourth-order valence-corrected chi connectivity index (χ4v) is 4.98. The van der Waals surface area contributed by atoms with Crippen molar-refractivity contribution in [2.45, 2.75) is 72.3 Å². The Morgan fingerprint density at radius 2 is 2.06 bits per heavy atom. The minimum absolute atomic E-state index is 0.106. The molecule has 1 fully saturated rings. The van der Waals surface area contributed by atoms with Crippen molar-refractivity contribution in [1.29, 1.82) is 0 Å². The molecule has 1 heterocycles. The van der Waals surface area contributed by atoms with Gasteiger partial charge in [0.25, 0.3) is 0 Å². The van der Waals surface area contributed by atoms with E-state index >= 15 is 0 Å². The summed E-state index contributed by atoms with van der Waals surface area (Å²) < 4.78 is 35.5. The molecule has 0 radical (unpaired) electrons. The average Bonchev–Trinajstić information content (AvgIpc) is 3.46. The van der Waals surface area contributed by atoms with E-state index < -0.39 is 17.5 Å². The predicted octanol–water partition coefficient (Wildman–Crippen LogP) is 7.07. The maximum absolute atomic E-state index is 14.9. The fraction of sp³-hybridized carbons (Fsp3) is 0.538. The van der Waals surface area contributed by atoms with Gasteiger partial charge in [-0.25, -0.2) is 9.18 Å². The molecule has 0 bridgehead atoms. The number of unbranched alkanes of at least 4 members (excludes halogenated alkanes) is 1. The third kappa shape index (κ3) is 5.50. The molecule has 2 atom stereocenters. The van der Waals surface area contributed by atoms with Gasteiger partial charge >= 0.3 is 6.09 Å². The number of benzene rings is 1. The molecule has 1 aromatic carbocycles. The monoisotopic (exact) mass is 504 g/mol. The molecular formula is C26H34F2N4O2S. The van der Waals surface area contributed by atoms with E-state index in [4.69, 9.17) is 4.74 Å². The SMILES string of the molecule is CCC/C=C(/Nc1cc(N(C)C(=O)OC(C)(C)C)c(F)cc1C)c1nn(SF)c2c1CC1CC1C2. The van der Waals surface area contributed by atoms with Gasteiger partial charge in [0.15, 0.2) is 12.3 Å². The topological polar surface area (TPSA) is 59.4 Å². The van der Waals surface area contributed by atoms with Crippen molar-refractivity contribution < 1.29 is 17.8 Å². The van der Waals surface area contributed by atoms with Crippen molar-refractivity contribution >= 4 is 35.5 Å². The molecule has 2 aliphatic rings. The van der Waals surface area contributed by atoms with Gasteiger partial charge in [-0.2, -0.15) is 9.19 Å². The van der Waals surface area contributed by atoms with Crippen molar-refractivity contribution in [3.05, 3.63) is 46.5 Å². The van der Waals surface area contributed by atoms with Crippen LogP contribution in [0.3, 0.4) is 0 Å². The zero-order valence-corrected chi connectivity index (χ0v) is 22.1. The summed E-state index contributed by atoms with van der Waals surface area (Å²) in [5.41, 5.74) is 4.31. The number of aryl methyl sites for hydroxylation is 1. The molecule has 6 nitrogen and oxygen atoms in total.